The zero-order valence-electron chi connectivity index (χ0n) is 11.5. The van der Waals surface area contributed by atoms with E-state index in [4.69, 9.17) is 0 Å². The van der Waals surface area contributed by atoms with Crippen LogP contribution in [0.1, 0.15) is 52.4 Å². The van der Waals surface area contributed by atoms with E-state index in [1.54, 1.807) is 0 Å². The molecule has 4 heteroatoms. The smallest absolute Gasteiger partial charge is 0.0948 e. The fourth-order valence-corrected chi connectivity index (χ4v) is 2.74. The van der Waals surface area contributed by atoms with Gasteiger partial charge in [0.15, 0.2) is 0 Å². The molecule has 0 aromatic heterocycles. The Morgan fingerprint density at radius 2 is 1.39 bits per heavy atom. The maximum absolute atomic E-state index is 10.8. The summed E-state index contributed by atoms with van der Waals surface area (Å²) in [6.45, 7) is 4.12. The third kappa shape index (κ3) is 11.9. The molecule has 0 aliphatic rings. The first kappa shape index (κ1) is 17.4. The second-order valence-corrected chi connectivity index (χ2v) is 5.95. The van der Waals surface area contributed by atoms with Gasteiger partial charge in [0.25, 0.3) is 0 Å². The van der Waals surface area contributed by atoms with Crippen molar-refractivity contribution in [1.29, 1.82) is 0 Å². The van der Waals surface area contributed by atoms with Gasteiger partial charge in [0.2, 0.25) is 0 Å². The average molecular weight is 273 g/mol. The Balaban J connectivity index is 4.16. The van der Waals surface area contributed by atoms with Gasteiger partial charge in [-0.3, -0.25) is 0 Å². The normalized spacial score (nSPS) is 13.1. The van der Waals surface area contributed by atoms with Crippen molar-refractivity contribution in [2.24, 2.45) is 5.92 Å². The van der Waals surface area contributed by atoms with Gasteiger partial charge < -0.3 is 4.55 Å². The maximum atomic E-state index is 10.8. The number of rotatable bonds is 10. The van der Waals surface area contributed by atoms with E-state index in [9.17, 15) is 13.0 Å². The summed E-state index contributed by atoms with van der Waals surface area (Å²) in [4.78, 5) is 0. The van der Waals surface area contributed by atoms with Crippen LogP contribution in [0, 0.1) is 5.92 Å². The highest BCUT2D eigenvalue weighted by Crippen LogP contribution is 2.17. The lowest BCUT2D eigenvalue weighted by molar-refractivity contribution is 0.430. The molecule has 0 aromatic carbocycles. The minimum absolute atomic E-state index is 0.0180. The van der Waals surface area contributed by atoms with Crippen LogP contribution in [0.15, 0.2) is 24.3 Å². The summed E-state index contributed by atoms with van der Waals surface area (Å²) < 4.78 is 32.5. The molecule has 0 spiro atoms. The van der Waals surface area contributed by atoms with Crippen molar-refractivity contribution in [2.45, 2.75) is 52.4 Å². The summed E-state index contributed by atoms with van der Waals surface area (Å²) >= 11 is 0. The van der Waals surface area contributed by atoms with Crippen molar-refractivity contribution < 1.29 is 13.0 Å². The minimum Gasteiger partial charge on any atom is -0.748 e. The van der Waals surface area contributed by atoms with Gasteiger partial charge in [-0.15, -0.1) is 0 Å². The molecule has 0 heterocycles. The van der Waals surface area contributed by atoms with Gasteiger partial charge in [-0.2, -0.15) is 0 Å². The molecule has 3 nitrogen and oxygen atoms in total. The van der Waals surface area contributed by atoms with Crippen LogP contribution in [0.2, 0.25) is 0 Å². The summed E-state index contributed by atoms with van der Waals surface area (Å²) in [7, 11) is -4.11. The molecule has 18 heavy (non-hydrogen) atoms. The van der Waals surface area contributed by atoms with Crippen molar-refractivity contribution in [3.8, 4) is 0 Å². The Morgan fingerprint density at radius 1 is 0.944 bits per heavy atom. The van der Waals surface area contributed by atoms with E-state index in [1.165, 1.54) is 0 Å². The van der Waals surface area contributed by atoms with Gasteiger partial charge in [0, 0.05) is 5.75 Å². The van der Waals surface area contributed by atoms with Crippen molar-refractivity contribution in [3.05, 3.63) is 24.3 Å². The molecule has 0 atom stereocenters. The largest absolute Gasteiger partial charge is 0.748 e. The third-order valence-corrected chi connectivity index (χ3v) is 3.61. The van der Waals surface area contributed by atoms with E-state index in [0.29, 0.717) is 0 Å². The molecule has 0 fully saturated rings. The SMILES string of the molecule is CC/C=C\CCC(CC/C=C\CC)CS(=O)(=O)[O-]. The lowest BCUT2D eigenvalue weighted by atomic mass is 9.99. The van der Waals surface area contributed by atoms with Crippen LogP contribution in [-0.2, 0) is 10.1 Å². The van der Waals surface area contributed by atoms with E-state index in [2.05, 4.69) is 38.2 Å². The molecule has 0 rings (SSSR count). The molecule has 0 amide bonds. The topological polar surface area (TPSA) is 57.2 Å². The highest BCUT2D eigenvalue weighted by atomic mass is 32.2. The van der Waals surface area contributed by atoms with Gasteiger partial charge in [-0.1, -0.05) is 38.2 Å². The van der Waals surface area contributed by atoms with Gasteiger partial charge in [-0.05, 0) is 44.4 Å². The number of hydrogen-bond acceptors (Lipinski definition) is 3. The molecule has 0 radical (unpaired) electrons. The Bertz CT molecular complexity index is 324. The van der Waals surface area contributed by atoms with Crippen molar-refractivity contribution in [3.63, 3.8) is 0 Å². The number of hydrogen-bond donors (Lipinski definition) is 0. The zero-order valence-corrected chi connectivity index (χ0v) is 12.3. The van der Waals surface area contributed by atoms with E-state index in [-0.39, 0.29) is 11.7 Å². The molecule has 0 unspecified atom stereocenters. The van der Waals surface area contributed by atoms with Crippen molar-refractivity contribution >= 4 is 10.1 Å². The first-order chi connectivity index (χ1) is 8.49. The third-order valence-electron chi connectivity index (χ3n) is 2.73. The molecule has 0 aliphatic carbocycles. The quantitative estimate of drug-likeness (QED) is 0.451. The Hall–Kier alpha value is -0.610. The van der Waals surface area contributed by atoms with E-state index in [0.717, 1.165) is 38.5 Å². The predicted octanol–water partition coefficient (Wildman–Crippen LogP) is 3.64. The molecule has 0 aromatic rings. The summed E-state index contributed by atoms with van der Waals surface area (Å²) in [5, 5.41) is 0. The second kappa shape index (κ2) is 10.3. The molecule has 106 valence electrons. The highest BCUT2D eigenvalue weighted by Gasteiger charge is 2.10. The summed E-state index contributed by atoms with van der Waals surface area (Å²) in [6.07, 6.45) is 13.5. The van der Waals surface area contributed by atoms with Crippen LogP contribution in [0.5, 0.6) is 0 Å². The van der Waals surface area contributed by atoms with E-state index in [1.807, 2.05) is 0 Å². The van der Waals surface area contributed by atoms with Crippen LogP contribution in [0.3, 0.4) is 0 Å². The lowest BCUT2D eigenvalue weighted by Crippen LogP contribution is -2.15. The van der Waals surface area contributed by atoms with Crippen molar-refractivity contribution in [1.82, 2.24) is 0 Å². The van der Waals surface area contributed by atoms with Crippen LogP contribution in [0.25, 0.3) is 0 Å². The number of allylic oxidation sites excluding steroid dienone is 4. The van der Waals surface area contributed by atoms with Gasteiger partial charge in [0.05, 0.1) is 10.1 Å². The highest BCUT2D eigenvalue weighted by molar-refractivity contribution is 7.85. The second-order valence-electron chi connectivity index (χ2n) is 4.50. The molecule has 0 N–H and O–H groups in total. The standard InChI is InChI=1S/C14H26O3S/c1-3-5-7-9-11-14(13-18(15,16)17)12-10-8-6-4-2/h5-8,14H,3-4,9-13H2,1-2H3,(H,15,16,17)/p-1/b7-5-,8-6-. The predicted molar refractivity (Wildman–Crippen MR) is 75.4 cm³/mol. The van der Waals surface area contributed by atoms with Crippen LogP contribution >= 0.6 is 0 Å². The summed E-state index contributed by atoms with van der Waals surface area (Å²) in [6, 6.07) is 0. The van der Waals surface area contributed by atoms with Crippen LogP contribution in [-0.4, -0.2) is 18.7 Å². The van der Waals surface area contributed by atoms with Gasteiger partial charge >= 0.3 is 0 Å². The van der Waals surface area contributed by atoms with Crippen molar-refractivity contribution in [2.75, 3.05) is 5.75 Å². The fraction of sp³-hybridized carbons (Fsp3) is 0.714. The fourth-order valence-electron chi connectivity index (χ4n) is 1.83. The molecule has 0 saturated carbocycles. The Morgan fingerprint density at radius 3 is 1.72 bits per heavy atom. The lowest BCUT2D eigenvalue weighted by Gasteiger charge is -2.17. The molecular formula is C14H25O3S-. The minimum atomic E-state index is -4.11. The van der Waals surface area contributed by atoms with Gasteiger partial charge in [-0.25, -0.2) is 8.42 Å². The molecular weight excluding hydrogens is 248 g/mol. The maximum Gasteiger partial charge on any atom is 0.0948 e. The Kier molecular flexibility index (Phi) is 9.98. The summed E-state index contributed by atoms with van der Waals surface area (Å²) in [5.41, 5.74) is 0. The first-order valence-electron chi connectivity index (χ1n) is 6.73. The zero-order chi connectivity index (χ0) is 13.9. The summed E-state index contributed by atoms with van der Waals surface area (Å²) in [5.74, 6) is -0.247. The van der Waals surface area contributed by atoms with E-state index < -0.39 is 10.1 Å². The van der Waals surface area contributed by atoms with E-state index >= 15 is 0 Å². The first-order valence-corrected chi connectivity index (χ1v) is 8.30. The van der Waals surface area contributed by atoms with Crippen LogP contribution < -0.4 is 0 Å². The molecule has 0 bridgehead atoms. The molecule has 0 aliphatic heterocycles. The van der Waals surface area contributed by atoms with Crippen LogP contribution in [0.4, 0.5) is 0 Å². The molecule has 0 saturated heterocycles. The van der Waals surface area contributed by atoms with Gasteiger partial charge in [0.1, 0.15) is 0 Å². The monoisotopic (exact) mass is 273 g/mol. The Labute approximate surface area is 112 Å². The average Bonchev–Trinajstić information content (AvgIpc) is 2.28.